The van der Waals surface area contributed by atoms with E-state index in [-0.39, 0.29) is 29.1 Å². The molecule has 0 aliphatic carbocycles. The first-order chi connectivity index (χ1) is 14.6. The predicted molar refractivity (Wildman–Crippen MR) is 105 cm³/mol. The fraction of sp³-hybridized carbons (Fsp3) is 0.0435. The van der Waals surface area contributed by atoms with E-state index in [0.717, 1.165) is 17.7 Å². The Labute approximate surface area is 170 Å². The van der Waals surface area contributed by atoms with Crippen molar-refractivity contribution >= 4 is 16.8 Å². The van der Waals surface area contributed by atoms with Crippen LogP contribution in [0.4, 0.5) is 8.78 Å². The quantitative estimate of drug-likeness (QED) is 0.457. The number of ether oxygens (including phenoxy) is 1. The molecule has 0 aliphatic rings. The zero-order valence-corrected chi connectivity index (χ0v) is 15.5. The molecule has 7 heteroatoms. The molecule has 0 unspecified atom stereocenters. The van der Waals surface area contributed by atoms with Gasteiger partial charge in [0.1, 0.15) is 18.5 Å². The predicted octanol–water partition coefficient (Wildman–Crippen LogP) is 4.59. The largest absolute Gasteiger partial charge is 0.486 e. The minimum atomic E-state index is -1.08. The maximum absolute atomic E-state index is 14.9. The summed E-state index contributed by atoms with van der Waals surface area (Å²) in [6, 6.07) is 17.3. The average molecular weight is 401 g/mol. The van der Waals surface area contributed by atoms with Crippen molar-refractivity contribution in [2.75, 3.05) is 0 Å². The molecule has 0 bridgehead atoms. The van der Waals surface area contributed by atoms with Crippen molar-refractivity contribution in [3.63, 3.8) is 0 Å². The number of nitriles is 1. The molecule has 1 aromatic heterocycles. The third-order valence-corrected chi connectivity index (χ3v) is 4.44. The smallest absolute Gasteiger partial charge is 0.199 e. The van der Waals surface area contributed by atoms with E-state index >= 15 is 0 Å². The number of carbonyl (C=O) groups excluding carboxylic acids is 1. The lowest BCUT2D eigenvalue weighted by Crippen LogP contribution is -2.10. The lowest BCUT2D eigenvalue weighted by atomic mass is 10.0. The van der Waals surface area contributed by atoms with Gasteiger partial charge in [0, 0.05) is 5.56 Å². The van der Waals surface area contributed by atoms with Gasteiger partial charge in [-0.05, 0) is 35.9 Å². The van der Waals surface area contributed by atoms with Crippen molar-refractivity contribution in [3.05, 3.63) is 101 Å². The first-order valence-electron chi connectivity index (χ1n) is 8.93. The summed E-state index contributed by atoms with van der Waals surface area (Å²) < 4.78 is 34.8. The molecule has 5 nitrogen and oxygen atoms in total. The average Bonchev–Trinajstić information content (AvgIpc) is 2.78. The summed E-state index contributed by atoms with van der Waals surface area (Å²) in [6.45, 7) is 0.0690. The van der Waals surface area contributed by atoms with Crippen molar-refractivity contribution < 1.29 is 18.3 Å². The standard InChI is InChI=1S/C23H13F2N3O2/c24-17-7-9-20(30-13-14-4-2-1-3-5-14)22(25)21(17)23(29)15-6-8-18-19(10-15)28-16(11-26)12-27-18/h1-10,12H,13H2. The van der Waals surface area contributed by atoms with Crippen LogP contribution in [0.3, 0.4) is 0 Å². The zero-order valence-electron chi connectivity index (χ0n) is 15.5. The molecule has 0 N–H and O–H groups in total. The van der Waals surface area contributed by atoms with Crippen molar-refractivity contribution in [3.8, 4) is 11.8 Å². The van der Waals surface area contributed by atoms with Gasteiger partial charge in [-0.25, -0.2) is 13.8 Å². The highest BCUT2D eigenvalue weighted by Gasteiger charge is 2.23. The van der Waals surface area contributed by atoms with Crippen LogP contribution in [0.25, 0.3) is 11.0 Å². The Morgan fingerprint density at radius 3 is 2.60 bits per heavy atom. The van der Waals surface area contributed by atoms with E-state index in [1.54, 1.807) is 12.1 Å². The number of hydrogen-bond acceptors (Lipinski definition) is 5. The van der Waals surface area contributed by atoms with Crippen LogP contribution in [0.15, 0.2) is 66.9 Å². The summed E-state index contributed by atoms with van der Waals surface area (Å²) in [6.07, 6.45) is 1.30. The topological polar surface area (TPSA) is 75.9 Å². The van der Waals surface area contributed by atoms with Gasteiger partial charge in [0.2, 0.25) is 0 Å². The third kappa shape index (κ3) is 3.71. The van der Waals surface area contributed by atoms with Crippen molar-refractivity contribution in [1.29, 1.82) is 5.26 Å². The van der Waals surface area contributed by atoms with Crippen LogP contribution in [-0.4, -0.2) is 15.8 Å². The van der Waals surface area contributed by atoms with Gasteiger partial charge in [-0.15, -0.1) is 0 Å². The Morgan fingerprint density at radius 2 is 1.83 bits per heavy atom. The number of carbonyl (C=O) groups is 1. The van der Waals surface area contributed by atoms with E-state index in [1.807, 2.05) is 24.3 Å². The molecule has 4 aromatic rings. The van der Waals surface area contributed by atoms with E-state index in [1.165, 1.54) is 24.4 Å². The normalized spacial score (nSPS) is 10.6. The van der Waals surface area contributed by atoms with Gasteiger partial charge in [-0.2, -0.15) is 5.26 Å². The molecule has 3 aromatic carbocycles. The Morgan fingerprint density at radius 1 is 1.03 bits per heavy atom. The summed E-state index contributed by atoms with van der Waals surface area (Å²) in [5.41, 5.74) is 0.897. The molecular weight excluding hydrogens is 388 g/mol. The second kappa shape index (κ2) is 8.05. The summed E-state index contributed by atoms with van der Waals surface area (Å²) in [7, 11) is 0. The van der Waals surface area contributed by atoms with E-state index in [0.29, 0.717) is 5.52 Å². The zero-order chi connectivity index (χ0) is 21.1. The molecular formula is C23H13F2N3O2. The van der Waals surface area contributed by atoms with Crippen LogP contribution in [0.1, 0.15) is 27.2 Å². The first kappa shape index (κ1) is 19.2. The summed E-state index contributed by atoms with van der Waals surface area (Å²) in [5, 5.41) is 8.96. The molecule has 146 valence electrons. The highest BCUT2D eigenvalue weighted by atomic mass is 19.1. The van der Waals surface area contributed by atoms with Gasteiger partial charge in [-0.1, -0.05) is 30.3 Å². The molecule has 0 saturated heterocycles. The lowest BCUT2D eigenvalue weighted by molar-refractivity contribution is 0.103. The number of ketones is 1. The van der Waals surface area contributed by atoms with E-state index < -0.39 is 23.0 Å². The number of fused-ring (bicyclic) bond motifs is 1. The summed E-state index contributed by atoms with van der Waals surface area (Å²) in [5.74, 6) is -3.16. The van der Waals surface area contributed by atoms with Gasteiger partial charge < -0.3 is 4.74 Å². The maximum atomic E-state index is 14.9. The summed E-state index contributed by atoms with van der Waals surface area (Å²) in [4.78, 5) is 21.0. The molecule has 0 amide bonds. The van der Waals surface area contributed by atoms with Gasteiger partial charge in [0.05, 0.1) is 22.8 Å². The molecule has 0 atom stereocenters. The number of hydrogen-bond donors (Lipinski definition) is 0. The third-order valence-electron chi connectivity index (χ3n) is 4.44. The van der Waals surface area contributed by atoms with Gasteiger partial charge in [0.15, 0.2) is 23.0 Å². The first-order valence-corrected chi connectivity index (χ1v) is 8.93. The Hall–Kier alpha value is -4.18. The Balaban J connectivity index is 1.68. The molecule has 4 rings (SSSR count). The van der Waals surface area contributed by atoms with Gasteiger partial charge >= 0.3 is 0 Å². The Bertz CT molecular complexity index is 1300. The number of halogens is 2. The molecule has 0 fully saturated rings. The lowest BCUT2D eigenvalue weighted by Gasteiger charge is -2.11. The van der Waals surface area contributed by atoms with E-state index in [2.05, 4.69) is 9.97 Å². The van der Waals surface area contributed by atoms with Crippen LogP contribution in [-0.2, 0) is 6.61 Å². The molecule has 0 radical (unpaired) electrons. The van der Waals surface area contributed by atoms with Gasteiger partial charge in [-0.3, -0.25) is 9.78 Å². The molecule has 1 heterocycles. The minimum absolute atomic E-state index is 0.0184. The second-order valence-corrected chi connectivity index (χ2v) is 6.41. The highest BCUT2D eigenvalue weighted by molar-refractivity contribution is 6.10. The monoisotopic (exact) mass is 401 g/mol. The summed E-state index contributed by atoms with van der Waals surface area (Å²) >= 11 is 0. The number of benzene rings is 3. The second-order valence-electron chi connectivity index (χ2n) is 6.41. The Kier molecular flexibility index (Phi) is 5.14. The van der Waals surface area contributed by atoms with Crippen LogP contribution < -0.4 is 4.74 Å². The van der Waals surface area contributed by atoms with Crippen molar-refractivity contribution in [1.82, 2.24) is 9.97 Å². The molecule has 0 spiro atoms. The number of nitrogens with zero attached hydrogens (tertiary/aromatic N) is 3. The van der Waals surface area contributed by atoms with Crippen LogP contribution in [0, 0.1) is 23.0 Å². The van der Waals surface area contributed by atoms with Crippen LogP contribution in [0.5, 0.6) is 5.75 Å². The minimum Gasteiger partial charge on any atom is -0.486 e. The molecule has 30 heavy (non-hydrogen) atoms. The van der Waals surface area contributed by atoms with Crippen molar-refractivity contribution in [2.24, 2.45) is 0 Å². The SMILES string of the molecule is N#Cc1cnc2ccc(C(=O)c3c(F)ccc(OCc4ccccc4)c3F)cc2n1. The fourth-order valence-electron chi connectivity index (χ4n) is 2.94. The molecule has 0 aliphatic heterocycles. The number of rotatable bonds is 5. The van der Waals surface area contributed by atoms with Crippen LogP contribution in [0.2, 0.25) is 0 Å². The number of aromatic nitrogens is 2. The molecule has 0 saturated carbocycles. The fourth-order valence-corrected chi connectivity index (χ4v) is 2.94. The van der Waals surface area contributed by atoms with Crippen LogP contribution >= 0.6 is 0 Å². The van der Waals surface area contributed by atoms with E-state index in [9.17, 15) is 13.6 Å². The van der Waals surface area contributed by atoms with Crippen molar-refractivity contribution in [2.45, 2.75) is 6.61 Å². The van der Waals surface area contributed by atoms with Gasteiger partial charge in [0.25, 0.3) is 0 Å². The van der Waals surface area contributed by atoms with E-state index in [4.69, 9.17) is 10.00 Å². The maximum Gasteiger partial charge on any atom is 0.199 e. The highest BCUT2D eigenvalue weighted by Crippen LogP contribution is 2.27.